The molecule has 128 valence electrons. The van der Waals surface area contributed by atoms with Crippen LogP contribution in [0.5, 0.6) is 0 Å². The molecule has 0 amide bonds. The van der Waals surface area contributed by atoms with E-state index in [9.17, 15) is 13.6 Å². The fourth-order valence-electron chi connectivity index (χ4n) is 2.24. The number of thioether (sulfide) groups is 1. The highest BCUT2D eigenvalue weighted by Crippen LogP contribution is 2.34. The monoisotopic (exact) mass is 379 g/mol. The van der Waals surface area contributed by atoms with Crippen molar-refractivity contribution in [3.05, 3.63) is 70.5 Å². The lowest BCUT2D eigenvalue weighted by molar-refractivity contribution is 0.110. The lowest BCUT2D eigenvalue weighted by Crippen LogP contribution is -2.01. The summed E-state index contributed by atoms with van der Waals surface area (Å²) in [6, 6.07) is 12.3. The Labute approximate surface area is 151 Å². The lowest BCUT2D eigenvalue weighted by Gasteiger charge is -2.08. The number of rotatable bonds is 6. The van der Waals surface area contributed by atoms with E-state index in [2.05, 4.69) is 10.1 Å². The molecule has 2 heterocycles. The molecule has 2 aromatic heterocycles. The Morgan fingerprint density at radius 3 is 2.60 bits per heavy atom. The van der Waals surface area contributed by atoms with E-state index in [1.54, 1.807) is 30.3 Å². The number of nitrogens with zero attached hydrogens (tertiary/aromatic N) is 3. The van der Waals surface area contributed by atoms with Gasteiger partial charge in [0.1, 0.15) is 10.7 Å². The van der Waals surface area contributed by atoms with Gasteiger partial charge < -0.3 is 0 Å². The molecule has 0 atom stereocenters. The van der Waals surface area contributed by atoms with Crippen LogP contribution < -0.4 is 0 Å². The van der Waals surface area contributed by atoms with Gasteiger partial charge in [-0.3, -0.25) is 4.79 Å². The van der Waals surface area contributed by atoms with Gasteiger partial charge in [0, 0.05) is 17.0 Å². The molecule has 0 N–H and O–H groups in total. The minimum Gasteiger partial charge on any atom is -0.298 e. The van der Waals surface area contributed by atoms with Crippen LogP contribution in [0.3, 0.4) is 0 Å². The minimum atomic E-state index is -2.86. The Bertz CT molecular complexity index is 887. The SMILES string of the molecule is O=Cc1c(C(F)F)nn(-c2ccccn2)c1SCc1ccccc1Cl. The molecule has 3 aromatic rings. The number of hydrogen-bond donors (Lipinski definition) is 0. The number of pyridine rings is 1. The number of alkyl halides is 2. The standard InChI is InChI=1S/C17H12ClF2N3OS/c18-13-6-2-1-5-11(13)10-25-17-12(9-24)15(16(19)20)22-23(17)14-7-3-4-8-21-14/h1-9,16H,10H2. The normalized spacial score (nSPS) is 11.0. The summed E-state index contributed by atoms with van der Waals surface area (Å²) >= 11 is 7.35. The first-order valence-electron chi connectivity index (χ1n) is 7.25. The highest BCUT2D eigenvalue weighted by Gasteiger charge is 2.25. The van der Waals surface area contributed by atoms with Gasteiger partial charge in [0.05, 0.1) is 5.56 Å². The van der Waals surface area contributed by atoms with Crippen LogP contribution in [0, 0.1) is 0 Å². The highest BCUT2D eigenvalue weighted by molar-refractivity contribution is 7.98. The molecule has 3 rings (SSSR count). The van der Waals surface area contributed by atoms with Crippen LogP contribution in [-0.2, 0) is 5.75 Å². The van der Waals surface area contributed by atoms with Gasteiger partial charge in [-0.15, -0.1) is 11.8 Å². The maximum Gasteiger partial charge on any atom is 0.282 e. The number of aldehydes is 1. The predicted octanol–water partition coefficient (Wildman–Crippen LogP) is 4.96. The number of aromatic nitrogens is 3. The summed E-state index contributed by atoms with van der Waals surface area (Å²) in [4.78, 5) is 15.6. The van der Waals surface area contributed by atoms with E-state index in [1.807, 2.05) is 12.1 Å². The van der Waals surface area contributed by atoms with E-state index >= 15 is 0 Å². The van der Waals surface area contributed by atoms with Gasteiger partial charge in [0.25, 0.3) is 6.43 Å². The number of carbonyl (C=O) groups excluding carboxylic acids is 1. The third-order valence-corrected chi connectivity index (χ3v) is 4.91. The smallest absolute Gasteiger partial charge is 0.282 e. The van der Waals surface area contributed by atoms with Gasteiger partial charge >= 0.3 is 0 Å². The first-order chi connectivity index (χ1) is 12.1. The second kappa shape index (κ2) is 7.76. The molecule has 0 fully saturated rings. The third-order valence-electron chi connectivity index (χ3n) is 3.42. The fraction of sp³-hybridized carbons (Fsp3) is 0.118. The molecule has 8 heteroatoms. The van der Waals surface area contributed by atoms with Crippen molar-refractivity contribution in [1.29, 1.82) is 0 Å². The largest absolute Gasteiger partial charge is 0.298 e. The molecular weight excluding hydrogens is 368 g/mol. The summed E-state index contributed by atoms with van der Waals surface area (Å²) in [6.45, 7) is 0. The van der Waals surface area contributed by atoms with E-state index in [4.69, 9.17) is 11.6 Å². The molecule has 0 saturated carbocycles. The van der Waals surface area contributed by atoms with Gasteiger partial charge in [-0.05, 0) is 23.8 Å². The zero-order valence-electron chi connectivity index (χ0n) is 12.8. The molecule has 0 aliphatic heterocycles. The molecule has 0 radical (unpaired) electrons. The van der Waals surface area contributed by atoms with Crippen LogP contribution in [0.4, 0.5) is 8.78 Å². The number of carbonyl (C=O) groups is 1. The molecule has 4 nitrogen and oxygen atoms in total. The van der Waals surface area contributed by atoms with Crippen molar-refractivity contribution < 1.29 is 13.6 Å². The zero-order valence-corrected chi connectivity index (χ0v) is 14.3. The van der Waals surface area contributed by atoms with Crippen molar-refractivity contribution in [2.75, 3.05) is 0 Å². The second-order valence-electron chi connectivity index (χ2n) is 5.00. The Kier molecular flexibility index (Phi) is 5.45. The summed E-state index contributed by atoms with van der Waals surface area (Å²) in [5.41, 5.74) is 0.151. The van der Waals surface area contributed by atoms with Gasteiger partial charge in [-0.25, -0.2) is 18.4 Å². The van der Waals surface area contributed by atoms with Crippen LogP contribution in [0.1, 0.15) is 28.0 Å². The molecule has 0 spiro atoms. The summed E-state index contributed by atoms with van der Waals surface area (Å²) in [7, 11) is 0. The average Bonchev–Trinajstić information content (AvgIpc) is 3.00. The molecule has 0 aliphatic carbocycles. The van der Waals surface area contributed by atoms with Crippen molar-refractivity contribution in [3.8, 4) is 5.82 Å². The van der Waals surface area contributed by atoms with Crippen LogP contribution in [-0.4, -0.2) is 21.1 Å². The summed E-state index contributed by atoms with van der Waals surface area (Å²) in [6.07, 6.45) is -0.921. The van der Waals surface area contributed by atoms with E-state index in [-0.39, 0.29) is 5.56 Å². The van der Waals surface area contributed by atoms with E-state index in [1.165, 1.54) is 22.6 Å². The van der Waals surface area contributed by atoms with Crippen molar-refractivity contribution >= 4 is 29.6 Å². The van der Waals surface area contributed by atoms with Gasteiger partial charge in [-0.2, -0.15) is 5.10 Å². The maximum atomic E-state index is 13.3. The van der Waals surface area contributed by atoms with E-state index in [0.29, 0.717) is 27.9 Å². The quantitative estimate of drug-likeness (QED) is 0.448. The summed E-state index contributed by atoms with van der Waals surface area (Å²) < 4.78 is 27.8. The van der Waals surface area contributed by atoms with Crippen molar-refractivity contribution in [2.24, 2.45) is 0 Å². The maximum absolute atomic E-state index is 13.3. The van der Waals surface area contributed by atoms with Crippen molar-refractivity contribution in [3.63, 3.8) is 0 Å². The molecule has 0 saturated heterocycles. The zero-order chi connectivity index (χ0) is 17.8. The third kappa shape index (κ3) is 3.72. The summed E-state index contributed by atoms with van der Waals surface area (Å²) in [5.74, 6) is 0.765. The van der Waals surface area contributed by atoms with E-state index in [0.717, 1.165) is 5.56 Å². The fourth-order valence-corrected chi connectivity index (χ4v) is 3.63. The molecule has 0 aliphatic rings. The Morgan fingerprint density at radius 2 is 1.96 bits per heavy atom. The molecule has 1 aromatic carbocycles. The molecular formula is C17H12ClF2N3OS. The lowest BCUT2D eigenvalue weighted by atomic mass is 10.2. The Morgan fingerprint density at radius 1 is 1.20 bits per heavy atom. The minimum absolute atomic E-state index is 0.127. The molecule has 25 heavy (non-hydrogen) atoms. The predicted molar refractivity (Wildman–Crippen MR) is 92.7 cm³/mol. The van der Waals surface area contributed by atoms with Gasteiger partial charge in [0.2, 0.25) is 0 Å². The highest BCUT2D eigenvalue weighted by atomic mass is 35.5. The van der Waals surface area contributed by atoms with Crippen LogP contribution in [0.2, 0.25) is 5.02 Å². The first-order valence-corrected chi connectivity index (χ1v) is 8.62. The second-order valence-corrected chi connectivity index (χ2v) is 6.37. The van der Waals surface area contributed by atoms with Crippen LogP contribution in [0.25, 0.3) is 5.82 Å². The van der Waals surface area contributed by atoms with Crippen molar-refractivity contribution in [2.45, 2.75) is 17.2 Å². The number of benzene rings is 1. The number of halogens is 3. The van der Waals surface area contributed by atoms with Gasteiger partial charge in [-0.1, -0.05) is 35.9 Å². The van der Waals surface area contributed by atoms with Gasteiger partial charge in [0.15, 0.2) is 12.1 Å². The van der Waals surface area contributed by atoms with Crippen LogP contribution >= 0.6 is 23.4 Å². The topological polar surface area (TPSA) is 47.8 Å². The van der Waals surface area contributed by atoms with E-state index < -0.39 is 12.1 Å². The first kappa shape index (κ1) is 17.6. The average molecular weight is 380 g/mol. The van der Waals surface area contributed by atoms with Crippen LogP contribution in [0.15, 0.2) is 53.7 Å². The number of hydrogen-bond acceptors (Lipinski definition) is 4. The van der Waals surface area contributed by atoms with Crippen molar-refractivity contribution in [1.82, 2.24) is 14.8 Å². The Balaban J connectivity index is 2.04. The molecule has 0 bridgehead atoms. The summed E-state index contributed by atoms with van der Waals surface area (Å²) in [5, 5.41) is 4.78. The molecule has 0 unspecified atom stereocenters. The Hall–Kier alpha value is -2.25.